The van der Waals surface area contributed by atoms with E-state index in [0.717, 1.165) is 5.56 Å². The number of anilines is 1. The van der Waals surface area contributed by atoms with Crippen molar-refractivity contribution in [1.82, 2.24) is 5.32 Å². The van der Waals surface area contributed by atoms with E-state index < -0.39 is 10.1 Å². The standard InChI is InChI=1S/C10H16N2O3S/c1-8-3-4-9(12-6-5-11-2)10(7-8)16(13,14)15/h3-4,7,11-12H,5-6H2,1-2H3,(H,13,14,15). The summed E-state index contributed by atoms with van der Waals surface area (Å²) in [6, 6.07) is 4.88. The van der Waals surface area contributed by atoms with Gasteiger partial charge in [0, 0.05) is 13.1 Å². The Kier molecular flexibility index (Phi) is 4.28. The number of likely N-dealkylation sites (N-methyl/N-ethyl adjacent to an activating group) is 1. The van der Waals surface area contributed by atoms with Crippen LogP contribution in [0, 0.1) is 6.92 Å². The second-order valence-electron chi connectivity index (χ2n) is 3.51. The molecule has 0 bridgehead atoms. The summed E-state index contributed by atoms with van der Waals surface area (Å²) >= 11 is 0. The van der Waals surface area contributed by atoms with Crippen molar-refractivity contribution in [3.8, 4) is 0 Å². The third-order valence-corrected chi connectivity index (χ3v) is 3.00. The van der Waals surface area contributed by atoms with E-state index in [4.69, 9.17) is 4.55 Å². The number of benzene rings is 1. The molecule has 1 rings (SSSR count). The van der Waals surface area contributed by atoms with Crippen LogP contribution in [-0.2, 0) is 10.1 Å². The summed E-state index contributed by atoms with van der Waals surface area (Å²) < 4.78 is 31.3. The second-order valence-corrected chi connectivity index (χ2v) is 4.89. The van der Waals surface area contributed by atoms with Crippen molar-refractivity contribution in [3.05, 3.63) is 23.8 Å². The van der Waals surface area contributed by atoms with Crippen molar-refractivity contribution in [3.63, 3.8) is 0 Å². The molecule has 0 unspecified atom stereocenters. The van der Waals surface area contributed by atoms with E-state index >= 15 is 0 Å². The Balaban J connectivity index is 2.99. The molecule has 16 heavy (non-hydrogen) atoms. The largest absolute Gasteiger partial charge is 0.383 e. The Morgan fingerprint density at radius 3 is 2.56 bits per heavy atom. The SMILES string of the molecule is CNCCNc1ccc(C)cc1S(=O)(=O)O. The quantitative estimate of drug-likeness (QED) is 0.529. The van der Waals surface area contributed by atoms with Gasteiger partial charge in [0.2, 0.25) is 0 Å². The van der Waals surface area contributed by atoms with Crippen LogP contribution in [-0.4, -0.2) is 33.1 Å². The van der Waals surface area contributed by atoms with Gasteiger partial charge in [0.1, 0.15) is 4.90 Å². The number of rotatable bonds is 5. The highest BCUT2D eigenvalue weighted by Gasteiger charge is 2.15. The average molecular weight is 244 g/mol. The van der Waals surface area contributed by atoms with E-state index in [0.29, 0.717) is 18.8 Å². The molecule has 0 aliphatic rings. The topological polar surface area (TPSA) is 78.4 Å². The lowest BCUT2D eigenvalue weighted by molar-refractivity contribution is 0.483. The first-order valence-electron chi connectivity index (χ1n) is 4.92. The molecule has 0 saturated heterocycles. The van der Waals surface area contributed by atoms with Crippen LogP contribution in [0.3, 0.4) is 0 Å². The van der Waals surface area contributed by atoms with Crippen LogP contribution in [0.1, 0.15) is 5.56 Å². The summed E-state index contributed by atoms with van der Waals surface area (Å²) in [5.41, 5.74) is 1.20. The first kappa shape index (κ1) is 13.0. The first-order valence-corrected chi connectivity index (χ1v) is 6.36. The fraction of sp³-hybridized carbons (Fsp3) is 0.400. The Labute approximate surface area is 95.6 Å². The minimum atomic E-state index is -4.18. The van der Waals surface area contributed by atoms with E-state index in [2.05, 4.69) is 10.6 Å². The summed E-state index contributed by atoms with van der Waals surface area (Å²) in [4.78, 5) is -0.0800. The molecule has 1 aromatic rings. The molecule has 0 spiro atoms. The molecule has 90 valence electrons. The molecule has 0 aliphatic heterocycles. The number of hydrogen-bond donors (Lipinski definition) is 3. The van der Waals surface area contributed by atoms with Gasteiger partial charge in [-0.25, -0.2) is 0 Å². The third-order valence-electron chi connectivity index (χ3n) is 2.11. The van der Waals surface area contributed by atoms with Gasteiger partial charge in [0.05, 0.1) is 5.69 Å². The summed E-state index contributed by atoms with van der Waals surface area (Å²) in [6.45, 7) is 3.06. The van der Waals surface area contributed by atoms with Crippen LogP contribution < -0.4 is 10.6 Å². The molecule has 0 saturated carbocycles. The maximum Gasteiger partial charge on any atom is 0.296 e. The minimum absolute atomic E-state index is 0.0800. The highest BCUT2D eigenvalue weighted by atomic mass is 32.2. The van der Waals surface area contributed by atoms with Gasteiger partial charge in [-0.15, -0.1) is 0 Å². The van der Waals surface area contributed by atoms with Crippen LogP contribution in [0.15, 0.2) is 23.1 Å². The fourth-order valence-electron chi connectivity index (χ4n) is 1.31. The molecular formula is C10H16N2O3S. The monoisotopic (exact) mass is 244 g/mol. The van der Waals surface area contributed by atoms with E-state index in [1.165, 1.54) is 6.07 Å². The van der Waals surface area contributed by atoms with Crippen LogP contribution in [0.5, 0.6) is 0 Å². The van der Waals surface area contributed by atoms with Crippen molar-refractivity contribution < 1.29 is 13.0 Å². The molecule has 0 aliphatic carbocycles. The predicted octanol–water partition coefficient (Wildman–Crippen LogP) is 0.873. The molecule has 3 N–H and O–H groups in total. The zero-order valence-corrected chi connectivity index (χ0v) is 10.1. The fourth-order valence-corrected chi connectivity index (χ4v) is 2.06. The van der Waals surface area contributed by atoms with Gasteiger partial charge in [-0.05, 0) is 31.7 Å². The van der Waals surface area contributed by atoms with Crippen molar-refractivity contribution in [2.45, 2.75) is 11.8 Å². The molecule has 6 heteroatoms. The molecule has 0 heterocycles. The van der Waals surface area contributed by atoms with Gasteiger partial charge >= 0.3 is 0 Å². The van der Waals surface area contributed by atoms with Crippen molar-refractivity contribution in [2.24, 2.45) is 0 Å². The smallest absolute Gasteiger partial charge is 0.296 e. The molecule has 0 aromatic heterocycles. The van der Waals surface area contributed by atoms with Gasteiger partial charge in [0.25, 0.3) is 10.1 Å². The minimum Gasteiger partial charge on any atom is -0.383 e. The number of nitrogens with one attached hydrogen (secondary N) is 2. The van der Waals surface area contributed by atoms with Crippen LogP contribution in [0.25, 0.3) is 0 Å². The lowest BCUT2D eigenvalue weighted by Gasteiger charge is -2.10. The number of hydrogen-bond acceptors (Lipinski definition) is 4. The van der Waals surface area contributed by atoms with E-state index in [1.807, 2.05) is 0 Å². The van der Waals surface area contributed by atoms with E-state index in [-0.39, 0.29) is 4.90 Å². The van der Waals surface area contributed by atoms with Crippen molar-refractivity contribution in [2.75, 3.05) is 25.5 Å². The Morgan fingerprint density at radius 2 is 2.00 bits per heavy atom. The molecule has 0 fully saturated rings. The third kappa shape index (κ3) is 3.48. The average Bonchev–Trinajstić information content (AvgIpc) is 2.19. The summed E-state index contributed by atoms with van der Waals surface area (Å²) in [5.74, 6) is 0. The molecule has 0 amide bonds. The lowest BCUT2D eigenvalue weighted by atomic mass is 10.2. The normalized spacial score (nSPS) is 11.4. The van der Waals surface area contributed by atoms with Gasteiger partial charge in [-0.1, -0.05) is 6.07 Å². The Hall–Kier alpha value is -1.11. The summed E-state index contributed by atoms with van der Waals surface area (Å²) in [5, 5.41) is 5.88. The molecular weight excluding hydrogens is 228 g/mol. The van der Waals surface area contributed by atoms with Gasteiger partial charge in [-0.2, -0.15) is 8.42 Å². The maximum absolute atomic E-state index is 11.1. The Bertz CT molecular complexity index is 457. The molecule has 0 atom stereocenters. The molecule has 5 nitrogen and oxygen atoms in total. The lowest BCUT2D eigenvalue weighted by Crippen LogP contribution is -2.18. The highest BCUT2D eigenvalue weighted by Crippen LogP contribution is 2.21. The van der Waals surface area contributed by atoms with Crippen LogP contribution in [0.4, 0.5) is 5.69 Å². The molecule has 0 radical (unpaired) electrons. The maximum atomic E-state index is 11.1. The van der Waals surface area contributed by atoms with E-state index in [9.17, 15) is 8.42 Å². The number of aryl methyl sites for hydroxylation is 1. The summed E-state index contributed by atoms with van der Waals surface area (Å²) in [7, 11) is -2.37. The van der Waals surface area contributed by atoms with Crippen molar-refractivity contribution in [1.29, 1.82) is 0 Å². The van der Waals surface area contributed by atoms with Gasteiger partial charge in [0.15, 0.2) is 0 Å². The van der Waals surface area contributed by atoms with Crippen LogP contribution in [0.2, 0.25) is 0 Å². The Morgan fingerprint density at radius 1 is 1.31 bits per heavy atom. The first-order chi connectivity index (χ1) is 7.45. The van der Waals surface area contributed by atoms with Gasteiger partial charge in [-0.3, -0.25) is 4.55 Å². The highest BCUT2D eigenvalue weighted by molar-refractivity contribution is 7.86. The predicted molar refractivity (Wildman–Crippen MR) is 63.4 cm³/mol. The van der Waals surface area contributed by atoms with E-state index in [1.54, 1.807) is 26.1 Å². The van der Waals surface area contributed by atoms with Crippen molar-refractivity contribution >= 4 is 15.8 Å². The zero-order valence-electron chi connectivity index (χ0n) is 9.32. The zero-order chi connectivity index (χ0) is 12.2. The van der Waals surface area contributed by atoms with Crippen LogP contribution >= 0.6 is 0 Å². The summed E-state index contributed by atoms with van der Waals surface area (Å²) in [6.07, 6.45) is 0. The molecule has 1 aromatic carbocycles. The van der Waals surface area contributed by atoms with Gasteiger partial charge < -0.3 is 10.6 Å². The second kappa shape index (κ2) is 5.29.